The molecule has 0 radical (unpaired) electrons. The SMILES string of the molecule is CC(c1cccnc1)N1CCC(CNC(C)(C)C)C1. The monoisotopic (exact) mass is 261 g/mol. The normalized spacial score (nSPS) is 22.6. The molecule has 2 rings (SSSR count). The Hall–Kier alpha value is -0.930. The minimum absolute atomic E-state index is 0.225. The summed E-state index contributed by atoms with van der Waals surface area (Å²) in [6.07, 6.45) is 5.13. The van der Waals surface area contributed by atoms with Crippen LogP contribution in [0.15, 0.2) is 24.5 Å². The first-order valence-electron chi connectivity index (χ1n) is 7.35. The van der Waals surface area contributed by atoms with E-state index in [0.29, 0.717) is 6.04 Å². The van der Waals surface area contributed by atoms with Crippen LogP contribution < -0.4 is 5.32 Å². The highest BCUT2D eigenvalue weighted by Gasteiger charge is 2.27. The molecule has 106 valence electrons. The third-order valence-electron chi connectivity index (χ3n) is 3.95. The number of nitrogens with zero attached hydrogens (tertiary/aromatic N) is 2. The first kappa shape index (κ1) is 14.5. The van der Waals surface area contributed by atoms with Crippen LogP contribution in [0.25, 0.3) is 0 Å². The summed E-state index contributed by atoms with van der Waals surface area (Å²) >= 11 is 0. The van der Waals surface area contributed by atoms with Crippen LogP contribution in [0.4, 0.5) is 0 Å². The van der Waals surface area contributed by atoms with Crippen LogP contribution in [0, 0.1) is 5.92 Å². The van der Waals surface area contributed by atoms with Gasteiger partial charge >= 0.3 is 0 Å². The zero-order valence-electron chi connectivity index (χ0n) is 12.7. The van der Waals surface area contributed by atoms with Gasteiger partial charge in [-0.05, 0) is 64.8 Å². The summed E-state index contributed by atoms with van der Waals surface area (Å²) in [7, 11) is 0. The summed E-state index contributed by atoms with van der Waals surface area (Å²) in [5.74, 6) is 0.776. The van der Waals surface area contributed by atoms with Crippen molar-refractivity contribution in [1.82, 2.24) is 15.2 Å². The molecule has 1 aliphatic heterocycles. The third kappa shape index (κ3) is 4.29. The predicted octanol–water partition coefficient (Wildman–Crippen LogP) is 2.85. The number of hydrogen-bond donors (Lipinski definition) is 1. The van der Waals surface area contributed by atoms with Gasteiger partial charge in [-0.15, -0.1) is 0 Å². The maximum absolute atomic E-state index is 4.23. The lowest BCUT2D eigenvalue weighted by atomic mass is 10.1. The fourth-order valence-electron chi connectivity index (χ4n) is 2.67. The molecule has 1 N–H and O–H groups in total. The molecule has 2 unspecified atom stereocenters. The molecule has 19 heavy (non-hydrogen) atoms. The molecule has 3 heteroatoms. The van der Waals surface area contributed by atoms with Crippen LogP contribution in [-0.4, -0.2) is 35.1 Å². The van der Waals surface area contributed by atoms with Gasteiger partial charge in [0.1, 0.15) is 0 Å². The first-order valence-corrected chi connectivity index (χ1v) is 7.35. The molecule has 1 fully saturated rings. The molecule has 1 aromatic rings. The number of pyridine rings is 1. The van der Waals surface area contributed by atoms with Crippen LogP contribution >= 0.6 is 0 Å². The number of aromatic nitrogens is 1. The van der Waals surface area contributed by atoms with Gasteiger partial charge in [0, 0.05) is 30.5 Å². The maximum Gasteiger partial charge on any atom is 0.0335 e. The number of rotatable bonds is 4. The molecule has 0 aromatic carbocycles. The highest BCUT2D eigenvalue weighted by molar-refractivity contribution is 5.13. The summed E-state index contributed by atoms with van der Waals surface area (Å²) in [6, 6.07) is 4.69. The van der Waals surface area contributed by atoms with Crippen molar-refractivity contribution in [2.24, 2.45) is 5.92 Å². The van der Waals surface area contributed by atoms with Gasteiger partial charge in [0.2, 0.25) is 0 Å². The first-order chi connectivity index (χ1) is 8.96. The van der Waals surface area contributed by atoms with Crippen molar-refractivity contribution in [3.8, 4) is 0 Å². The van der Waals surface area contributed by atoms with E-state index in [-0.39, 0.29) is 5.54 Å². The minimum Gasteiger partial charge on any atom is -0.312 e. The Morgan fingerprint density at radius 2 is 2.26 bits per heavy atom. The van der Waals surface area contributed by atoms with Crippen LogP contribution in [0.1, 0.15) is 45.7 Å². The van der Waals surface area contributed by atoms with Gasteiger partial charge in [-0.1, -0.05) is 6.07 Å². The Bertz CT molecular complexity index is 383. The molecule has 0 spiro atoms. The molecule has 1 aliphatic rings. The van der Waals surface area contributed by atoms with Gasteiger partial charge in [-0.3, -0.25) is 9.88 Å². The van der Waals surface area contributed by atoms with E-state index in [0.717, 1.165) is 12.5 Å². The zero-order valence-corrected chi connectivity index (χ0v) is 12.7. The average Bonchev–Trinajstić information content (AvgIpc) is 2.84. The Labute approximate surface area is 117 Å². The van der Waals surface area contributed by atoms with E-state index >= 15 is 0 Å². The minimum atomic E-state index is 0.225. The van der Waals surface area contributed by atoms with E-state index in [4.69, 9.17) is 0 Å². The number of hydrogen-bond acceptors (Lipinski definition) is 3. The van der Waals surface area contributed by atoms with Crippen molar-refractivity contribution in [2.75, 3.05) is 19.6 Å². The van der Waals surface area contributed by atoms with Crippen molar-refractivity contribution in [3.05, 3.63) is 30.1 Å². The van der Waals surface area contributed by atoms with Crippen molar-refractivity contribution in [2.45, 2.75) is 45.7 Å². The van der Waals surface area contributed by atoms with E-state index in [1.807, 2.05) is 18.5 Å². The molecule has 0 saturated carbocycles. The van der Waals surface area contributed by atoms with E-state index in [1.165, 1.54) is 25.1 Å². The van der Waals surface area contributed by atoms with Gasteiger partial charge in [0.15, 0.2) is 0 Å². The molecule has 0 amide bonds. The van der Waals surface area contributed by atoms with Gasteiger partial charge in [0.05, 0.1) is 0 Å². The Balaban J connectivity index is 1.85. The zero-order chi connectivity index (χ0) is 13.9. The van der Waals surface area contributed by atoms with E-state index in [2.05, 4.69) is 49.0 Å². The predicted molar refractivity (Wildman–Crippen MR) is 80.1 cm³/mol. The third-order valence-corrected chi connectivity index (χ3v) is 3.95. The highest BCUT2D eigenvalue weighted by atomic mass is 15.2. The topological polar surface area (TPSA) is 28.2 Å². The molecular formula is C16H27N3. The summed E-state index contributed by atoms with van der Waals surface area (Å²) in [6.45, 7) is 12.5. The van der Waals surface area contributed by atoms with Gasteiger partial charge in [-0.2, -0.15) is 0 Å². The molecule has 2 heterocycles. The van der Waals surface area contributed by atoms with Gasteiger partial charge in [0.25, 0.3) is 0 Å². The highest BCUT2D eigenvalue weighted by Crippen LogP contribution is 2.26. The van der Waals surface area contributed by atoms with Crippen LogP contribution in [-0.2, 0) is 0 Å². The van der Waals surface area contributed by atoms with Crippen molar-refractivity contribution >= 4 is 0 Å². The lowest BCUT2D eigenvalue weighted by Gasteiger charge is -2.26. The lowest BCUT2D eigenvalue weighted by Crippen LogP contribution is -2.39. The Kier molecular flexibility index (Phi) is 4.58. The fourth-order valence-corrected chi connectivity index (χ4v) is 2.67. The van der Waals surface area contributed by atoms with Crippen LogP contribution in [0.5, 0.6) is 0 Å². The summed E-state index contributed by atoms with van der Waals surface area (Å²) < 4.78 is 0. The standard InChI is InChI=1S/C16H27N3/c1-13(15-6-5-8-17-11-15)19-9-7-14(12-19)10-18-16(2,3)4/h5-6,8,11,13-14,18H,7,9-10,12H2,1-4H3. The van der Waals surface area contributed by atoms with Crippen molar-refractivity contribution < 1.29 is 0 Å². The van der Waals surface area contributed by atoms with E-state index in [1.54, 1.807) is 0 Å². The van der Waals surface area contributed by atoms with Crippen LogP contribution in [0.2, 0.25) is 0 Å². The molecule has 0 bridgehead atoms. The molecule has 3 nitrogen and oxygen atoms in total. The van der Waals surface area contributed by atoms with E-state index in [9.17, 15) is 0 Å². The second-order valence-corrected chi connectivity index (χ2v) is 6.74. The molecule has 2 atom stereocenters. The van der Waals surface area contributed by atoms with E-state index < -0.39 is 0 Å². The number of likely N-dealkylation sites (tertiary alicyclic amines) is 1. The molecule has 0 aliphatic carbocycles. The Morgan fingerprint density at radius 1 is 1.47 bits per heavy atom. The maximum atomic E-state index is 4.23. The summed E-state index contributed by atoms with van der Waals surface area (Å²) in [5.41, 5.74) is 1.55. The van der Waals surface area contributed by atoms with Gasteiger partial charge in [-0.25, -0.2) is 0 Å². The molecule has 1 aromatic heterocycles. The number of nitrogens with one attached hydrogen (secondary N) is 1. The smallest absolute Gasteiger partial charge is 0.0335 e. The largest absolute Gasteiger partial charge is 0.312 e. The second-order valence-electron chi connectivity index (χ2n) is 6.74. The molecule has 1 saturated heterocycles. The summed E-state index contributed by atoms with van der Waals surface area (Å²) in [4.78, 5) is 6.80. The van der Waals surface area contributed by atoms with Crippen molar-refractivity contribution in [1.29, 1.82) is 0 Å². The van der Waals surface area contributed by atoms with Crippen molar-refractivity contribution in [3.63, 3.8) is 0 Å². The quantitative estimate of drug-likeness (QED) is 0.903. The molecular weight excluding hydrogens is 234 g/mol. The summed E-state index contributed by atoms with van der Waals surface area (Å²) in [5, 5.41) is 3.62. The fraction of sp³-hybridized carbons (Fsp3) is 0.688. The van der Waals surface area contributed by atoms with Gasteiger partial charge < -0.3 is 5.32 Å². The average molecular weight is 261 g/mol. The Morgan fingerprint density at radius 3 is 2.89 bits per heavy atom. The van der Waals surface area contributed by atoms with Crippen LogP contribution in [0.3, 0.4) is 0 Å². The second kappa shape index (κ2) is 6.02. The lowest BCUT2D eigenvalue weighted by molar-refractivity contribution is 0.248.